The average Bonchev–Trinajstić information content (AvgIpc) is 2.28. The number of rotatable bonds is 4. The van der Waals surface area contributed by atoms with Crippen molar-refractivity contribution < 1.29 is 15.0 Å². The molecule has 1 rings (SSSR count). The largest absolute Gasteiger partial charge is 0.465 e. The average molecular weight is 251 g/mol. The smallest absolute Gasteiger partial charge is 0.407 e. The van der Waals surface area contributed by atoms with Crippen LogP contribution in [0.2, 0.25) is 0 Å². The molecule has 0 radical (unpaired) electrons. The lowest BCUT2D eigenvalue weighted by Crippen LogP contribution is -2.41. The first kappa shape index (κ1) is 14.5. The van der Waals surface area contributed by atoms with Gasteiger partial charge in [-0.1, -0.05) is 51.1 Å². The van der Waals surface area contributed by atoms with Gasteiger partial charge in [-0.05, 0) is 11.0 Å². The molecule has 0 aliphatic rings. The molecule has 0 saturated carbocycles. The number of carboxylic acid groups (broad SMARTS) is 1. The van der Waals surface area contributed by atoms with E-state index in [9.17, 15) is 9.90 Å². The van der Waals surface area contributed by atoms with Crippen LogP contribution in [0.4, 0.5) is 4.79 Å². The summed E-state index contributed by atoms with van der Waals surface area (Å²) >= 11 is 0. The maximum absolute atomic E-state index is 11.4. The summed E-state index contributed by atoms with van der Waals surface area (Å²) in [6, 6.07) is 9.26. The number of amides is 1. The molecule has 1 unspecified atom stereocenters. The molecule has 0 bridgehead atoms. The van der Waals surface area contributed by atoms with Crippen LogP contribution >= 0.6 is 0 Å². The van der Waals surface area contributed by atoms with E-state index in [1.54, 1.807) is 0 Å². The molecule has 0 fully saturated rings. The molecule has 1 atom stereocenters. The third kappa shape index (κ3) is 3.47. The van der Waals surface area contributed by atoms with Crippen LogP contribution in [0.1, 0.15) is 32.4 Å². The summed E-state index contributed by atoms with van der Waals surface area (Å²) in [7, 11) is 0. The third-order valence-corrected chi connectivity index (χ3v) is 2.83. The summed E-state index contributed by atoms with van der Waals surface area (Å²) in [5, 5.41) is 18.4. The maximum atomic E-state index is 11.4. The van der Waals surface area contributed by atoms with Gasteiger partial charge in [0.05, 0.1) is 12.6 Å². The zero-order valence-electron chi connectivity index (χ0n) is 11.1. The Hall–Kier alpha value is -1.55. The maximum Gasteiger partial charge on any atom is 0.407 e. The lowest BCUT2D eigenvalue weighted by Gasteiger charge is -2.38. The summed E-state index contributed by atoms with van der Waals surface area (Å²) in [5.41, 5.74) is 0.704. The van der Waals surface area contributed by atoms with Gasteiger partial charge in [0.1, 0.15) is 0 Å². The second-order valence-electron chi connectivity index (χ2n) is 5.38. The Morgan fingerprint density at radius 3 is 2.22 bits per heavy atom. The summed E-state index contributed by atoms with van der Waals surface area (Å²) in [5.74, 6) is 0. The third-order valence-electron chi connectivity index (χ3n) is 2.83. The summed E-state index contributed by atoms with van der Waals surface area (Å²) < 4.78 is 0. The van der Waals surface area contributed by atoms with Gasteiger partial charge < -0.3 is 10.2 Å². The second kappa shape index (κ2) is 5.87. The van der Waals surface area contributed by atoms with Crippen molar-refractivity contribution in [2.45, 2.75) is 26.8 Å². The van der Waals surface area contributed by atoms with Crippen LogP contribution in [0.3, 0.4) is 0 Å². The van der Waals surface area contributed by atoms with E-state index in [-0.39, 0.29) is 24.6 Å². The van der Waals surface area contributed by atoms with E-state index in [1.807, 2.05) is 51.1 Å². The molecule has 0 aromatic heterocycles. The van der Waals surface area contributed by atoms with Gasteiger partial charge in [-0.25, -0.2) is 4.79 Å². The van der Waals surface area contributed by atoms with Gasteiger partial charge in [0.2, 0.25) is 0 Å². The molecule has 0 aliphatic heterocycles. The van der Waals surface area contributed by atoms with Crippen molar-refractivity contribution in [3.8, 4) is 0 Å². The highest BCUT2D eigenvalue weighted by molar-refractivity contribution is 5.66. The van der Waals surface area contributed by atoms with Crippen LogP contribution in [0, 0.1) is 5.41 Å². The molecule has 0 spiro atoms. The highest BCUT2D eigenvalue weighted by Crippen LogP contribution is 2.37. The first-order valence-corrected chi connectivity index (χ1v) is 6.03. The fourth-order valence-corrected chi connectivity index (χ4v) is 2.23. The standard InChI is InChI=1S/C14H21NO3/c1-14(2,3)12(11-7-5-4-6-8-11)15(9-10-16)13(17)18/h4-8,12,16H,9-10H2,1-3H3,(H,17,18). The zero-order chi connectivity index (χ0) is 13.8. The van der Waals surface area contributed by atoms with Gasteiger partial charge >= 0.3 is 6.09 Å². The van der Waals surface area contributed by atoms with Crippen molar-refractivity contribution in [3.63, 3.8) is 0 Å². The SMILES string of the molecule is CC(C)(C)C(c1ccccc1)N(CCO)C(=O)O. The van der Waals surface area contributed by atoms with Crippen LogP contribution < -0.4 is 0 Å². The van der Waals surface area contributed by atoms with Gasteiger partial charge in [-0.3, -0.25) is 4.90 Å². The fourth-order valence-electron chi connectivity index (χ4n) is 2.23. The van der Waals surface area contributed by atoms with E-state index in [1.165, 1.54) is 4.90 Å². The molecular weight excluding hydrogens is 230 g/mol. The van der Waals surface area contributed by atoms with Gasteiger partial charge in [0.15, 0.2) is 0 Å². The van der Waals surface area contributed by atoms with Gasteiger partial charge in [-0.15, -0.1) is 0 Å². The van der Waals surface area contributed by atoms with Crippen LogP contribution in [-0.2, 0) is 0 Å². The minimum atomic E-state index is -1.01. The van der Waals surface area contributed by atoms with Crippen LogP contribution in [0.5, 0.6) is 0 Å². The minimum absolute atomic E-state index is 0.117. The summed E-state index contributed by atoms with van der Waals surface area (Å²) in [6.45, 7) is 5.94. The number of carbonyl (C=O) groups is 1. The summed E-state index contributed by atoms with van der Waals surface area (Å²) in [6.07, 6.45) is -1.01. The molecule has 0 heterocycles. The van der Waals surface area contributed by atoms with Gasteiger partial charge in [0, 0.05) is 6.54 Å². The first-order chi connectivity index (χ1) is 8.38. The van der Waals surface area contributed by atoms with Crippen molar-refractivity contribution >= 4 is 6.09 Å². The van der Waals surface area contributed by atoms with Crippen LogP contribution in [0.25, 0.3) is 0 Å². The van der Waals surface area contributed by atoms with E-state index in [4.69, 9.17) is 5.11 Å². The molecule has 18 heavy (non-hydrogen) atoms. The Kier molecular flexibility index (Phi) is 4.73. The van der Waals surface area contributed by atoms with Gasteiger partial charge in [-0.2, -0.15) is 0 Å². The van der Waals surface area contributed by atoms with Crippen molar-refractivity contribution in [2.24, 2.45) is 5.41 Å². The van der Waals surface area contributed by atoms with E-state index in [0.717, 1.165) is 5.56 Å². The fraction of sp³-hybridized carbons (Fsp3) is 0.500. The van der Waals surface area contributed by atoms with E-state index < -0.39 is 6.09 Å². The lowest BCUT2D eigenvalue weighted by molar-refractivity contribution is 0.0694. The zero-order valence-corrected chi connectivity index (χ0v) is 11.1. The van der Waals surface area contributed by atoms with Crippen molar-refractivity contribution in [1.29, 1.82) is 0 Å². The topological polar surface area (TPSA) is 60.8 Å². The van der Waals surface area contributed by atoms with Crippen molar-refractivity contribution in [3.05, 3.63) is 35.9 Å². The molecule has 100 valence electrons. The van der Waals surface area contributed by atoms with E-state index in [0.29, 0.717) is 0 Å². The van der Waals surface area contributed by atoms with E-state index >= 15 is 0 Å². The predicted octanol–water partition coefficient (Wildman–Crippen LogP) is 2.75. The molecule has 2 N–H and O–H groups in total. The second-order valence-corrected chi connectivity index (χ2v) is 5.38. The predicted molar refractivity (Wildman–Crippen MR) is 70.5 cm³/mol. The number of nitrogens with zero attached hydrogens (tertiary/aromatic N) is 1. The van der Waals surface area contributed by atoms with Crippen molar-refractivity contribution in [1.82, 2.24) is 4.90 Å². The lowest BCUT2D eigenvalue weighted by atomic mass is 9.81. The van der Waals surface area contributed by atoms with Crippen LogP contribution in [0.15, 0.2) is 30.3 Å². The monoisotopic (exact) mass is 251 g/mol. The molecule has 1 aromatic carbocycles. The minimum Gasteiger partial charge on any atom is -0.465 e. The van der Waals surface area contributed by atoms with E-state index in [2.05, 4.69) is 0 Å². The Balaban J connectivity index is 3.16. The quantitative estimate of drug-likeness (QED) is 0.865. The number of aliphatic hydroxyl groups excluding tert-OH is 1. The first-order valence-electron chi connectivity index (χ1n) is 6.03. The van der Waals surface area contributed by atoms with Crippen molar-refractivity contribution in [2.75, 3.05) is 13.2 Å². The molecule has 1 amide bonds. The molecule has 0 aliphatic carbocycles. The van der Waals surface area contributed by atoms with Gasteiger partial charge in [0.25, 0.3) is 0 Å². The molecule has 4 nitrogen and oxygen atoms in total. The molecular formula is C14H21NO3. The number of benzene rings is 1. The normalized spacial score (nSPS) is 13.1. The Bertz CT molecular complexity index is 384. The Morgan fingerprint density at radius 1 is 1.28 bits per heavy atom. The molecule has 0 saturated heterocycles. The molecule has 1 aromatic rings. The van der Waals surface area contributed by atoms with Crippen LogP contribution in [-0.4, -0.2) is 34.4 Å². The number of aliphatic hydroxyl groups is 1. The molecule has 4 heteroatoms. The summed E-state index contributed by atoms with van der Waals surface area (Å²) in [4.78, 5) is 12.7. The Labute approximate surface area is 108 Å². The highest BCUT2D eigenvalue weighted by Gasteiger charge is 2.34. The number of hydrogen-bond donors (Lipinski definition) is 2. The highest BCUT2D eigenvalue weighted by atomic mass is 16.4. The number of hydrogen-bond acceptors (Lipinski definition) is 2. The Morgan fingerprint density at radius 2 is 1.83 bits per heavy atom.